The number of amides is 1. The van der Waals surface area contributed by atoms with Crippen LogP contribution in [0.4, 0.5) is 10.3 Å². The number of aromatic nitrogens is 2. The van der Waals surface area contributed by atoms with E-state index in [9.17, 15) is 14.0 Å². The van der Waals surface area contributed by atoms with E-state index in [0.29, 0.717) is 50.8 Å². The highest BCUT2D eigenvalue weighted by molar-refractivity contribution is 5.76. The summed E-state index contributed by atoms with van der Waals surface area (Å²) in [6, 6.07) is 7.04. The van der Waals surface area contributed by atoms with Crippen molar-refractivity contribution in [1.82, 2.24) is 15.3 Å². The molecule has 1 aromatic carbocycles. The molecule has 0 saturated carbocycles. The van der Waals surface area contributed by atoms with E-state index in [1.807, 2.05) is 18.7 Å². The molecule has 0 bridgehead atoms. The summed E-state index contributed by atoms with van der Waals surface area (Å²) in [5, 5.41) is 3.00. The lowest BCUT2D eigenvalue weighted by Crippen LogP contribution is -2.38. The number of carbonyl (C=O) groups is 1. The maximum Gasteiger partial charge on any atom is 0.252 e. The van der Waals surface area contributed by atoms with Gasteiger partial charge in [0, 0.05) is 32.0 Å². The molecule has 0 unspecified atom stereocenters. The molecule has 7 nitrogen and oxygen atoms in total. The zero-order valence-corrected chi connectivity index (χ0v) is 16.8. The summed E-state index contributed by atoms with van der Waals surface area (Å²) in [5.74, 6) is 0.286. The van der Waals surface area contributed by atoms with Gasteiger partial charge in [-0.3, -0.25) is 14.6 Å². The lowest BCUT2D eigenvalue weighted by Gasteiger charge is -2.27. The number of hydrogen-bond donors (Lipinski definition) is 2. The van der Waals surface area contributed by atoms with Crippen molar-refractivity contribution in [3.8, 4) is 0 Å². The summed E-state index contributed by atoms with van der Waals surface area (Å²) in [6.07, 6.45) is 0.719. The third-order valence-electron chi connectivity index (χ3n) is 4.71. The van der Waals surface area contributed by atoms with Crippen molar-refractivity contribution in [2.45, 2.75) is 32.7 Å². The van der Waals surface area contributed by atoms with Crippen LogP contribution in [0.25, 0.3) is 0 Å². The molecule has 1 fully saturated rings. The summed E-state index contributed by atoms with van der Waals surface area (Å²) in [4.78, 5) is 33.9. The minimum atomic E-state index is -0.409. The van der Waals surface area contributed by atoms with E-state index in [2.05, 4.69) is 15.3 Å². The van der Waals surface area contributed by atoms with E-state index in [-0.39, 0.29) is 23.2 Å². The van der Waals surface area contributed by atoms with Crippen molar-refractivity contribution < 1.29 is 13.9 Å². The van der Waals surface area contributed by atoms with Gasteiger partial charge in [0.15, 0.2) is 0 Å². The Morgan fingerprint density at radius 3 is 2.62 bits per heavy atom. The number of hydrogen-bond acceptors (Lipinski definition) is 5. The molecule has 2 N–H and O–H groups in total. The Kier molecular flexibility index (Phi) is 6.98. The minimum absolute atomic E-state index is 0.0902. The highest BCUT2D eigenvalue weighted by Crippen LogP contribution is 2.20. The first-order valence-electron chi connectivity index (χ1n) is 9.88. The van der Waals surface area contributed by atoms with Gasteiger partial charge in [0.1, 0.15) is 5.82 Å². The van der Waals surface area contributed by atoms with E-state index < -0.39 is 6.04 Å². The van der Waals surface area contributed by atoms with Crippen molar-refractivity contribution in [3.63, 3.8) is 0 Å². The molecule has 2 heterocycles. The summed E-state index contributed by atoms with van der Waals surface area (Å²) in [5.41, 5.74) is 1.08. The maximum atomic E-state index is 13.4. The van der Waals surface area contributed by atoms with Gasteiger partial charge in [0.2, 0.25) is 11.9 Å². The number of carbonyl (C=O) groups excluding carboxylic acids is 1. The molecule has 1 aromatic heterocycles. The molecule has 1 amide bonds. The average Bonchev–Trinajstić information content (AvgIpc) is 2.68. The van der Waals surface area contributed by atoms with Gasteiger partial charge in [-0.2, -0.15) is 0 Å². The fourth-order valence-electron chi connectivity index (χ4n) is 3.30. The fraction of sp³-hybridized carbons (Fsp3) is 0.476. The van der Waals surface area contributed by atoms with Crippen LogP contribution < -0.4 is 15.8 Å². The molecule has 0 spiro atoms. The molecular weight excluding hydrogens is 375 g/mol. The number of nitrogens with zero attached hydrogens (tertiary/aromatic N) is 2. The number of morpholine rings is 1. The number of rotatable bonds is 7. The monoisotopic (exact) mass is 402 g/mol. The highest BCUT2D eigenvalue weighted by atomic mass is 19.1. The first kappa shape index (κ1) is 21.0. The molecule has 8 heteroatoms. The molecular formula is C21H27FN4O3. The number of ether oxygens (including phenoxy) is 1. The Labute approximate surface area is 169 Å². The third kappa shape index (κ3) is 6.12. The molecule has 0 radical (unpaired) electrons. The number of nitrogens with one attached hydrogen (secondary N) is 2. The van der Waals surface area contributed by atoms with Crippen LogP contribution in [0.3, 0.4) is 0 Å². The molecule has 29 heavy (non-hydrogen) atoms. The van der Waals surface area contributed by atoms with Crippen LogP contribution in [0.1, 0.15) is 37.6 Å². The van der Waals surface area contributed by atoms with E-state index in [0.717, 1.165) is 5.56 Å². The van der Waals surface area contributed by atoms with Gasteiger partial charge in [-0.25, -0.2) is 9.37 Å². The second kappa shape index (κ2) is 9.65. The Hall–Kier alpha value is -2.74. The minimum Gasteiger partial charge on any atom is -0.378 e. The standard InChI is InChI=1S/C21H27FN4O3/c1-14(2)11-19(27)24-18(15-3-5-16(22)6-4-15)12-17-13-20(28)25-21(23-17)26-7-9-29-10-8-26/h3-6,13-14,18H,7-12H2,1-2H3,(H,24,27)(H,23,25,28)/t18-/m1/s1. The van der Waals surface area contributed by atoms with Crippen LogP contribution >= 0.6 is 0 Å². The van der Waals surface area contributed by atoms with E-state index >= 15 is 0 Å². The van der Waals surface area contributed by atoms with E-state index in [1.165, 1.54) is 18.2 Å². The quantitative estimate of drug-likeness (QED) is 0.741. The van der Waals surface area contributed by atoms with Crippen LogP contribution in [0.15, 0.2) is 35.1 Å². The fourth-order valence-corrected chi connectivity index (χ4v) is 3.30. The average molecular weight is 402 g/mol. The number of anilines is 1. The summed E-state index contributed by atoms with van der Waals surface area (Å²) >= 11 is 0. The van der Waals surface area contributed by atoms with Crippen molar-refractivity contribution in [1.29, 1.82) is 0 Å². The second-order valence-electron chi connectivity index (χ2n) is 7.63. The van der Waals surface area contributed by atoms with Gasteiger partial charge < -0.3 is 15.0 Å². The van der Waals surface area contributed by atoms with Crippen molar-refractivity contribution in [2.75, 3.05) is 31.2 Å². The molecule has 156 valence electrons. The normalized spacial score (nSPS) is 15.4. The van der Waals surface area contributed by atoms with Crippen LogP contribution in [-0.4, -0.2) is 42.2 Å². The summed E-state index contributed by atoms with van der Waals surface area (Å²) < 4.78 is 18.7. The van der Waals surface area contributed by atoms with Crippen molar-refractivity contribution >= 4 is 11.9 Å². The molecule has 0 aliphatic carbocycles. The number of halogens is 1. The Morgan fingerprint density at radius 1 is 1.28 bits per heavy atom. The zero-order valence-electron chi connectivity index (χ0n) is 16.8. The van der Waals surface area contributed by atoms with Crippen molar-refractivity contribution in [3.05, 3.63) is 57.8 Å². The topological polar surface area (TPSA) is 87.3 Å². The van der Waals surface area contributed by atoms with Gasteiger partial charge in [-0.15, -0.1) is 0 Å². The number of aromatic amines is 1. The molecule has 1 aliphatic heterocycles. The first-order valence-corrected chi connectivity index (χ1v) is 9.88. The molecule has 3 rings (SSSR count). The molecule has 2 aromatic rings. The number of benzene rings is 1. The predicted molar refractivity (Wildman–Crippen MR) is 108 cm³/mol. The van der Waals surface area contributed by atoms with Gasteiger partial charge in [0.25, 0.3) is 5.56 Å². The second-order valence-corrected chi connectivity index (χ2v) is 7.63. The van der Waals surface area contributed by atoms with Crippen LogP contribution in [0, 0.1) is 11.7 Å². The Morgan fingerprint density at radius 2 is 1.97 bits per heavy atom. The highest BCUT2D eigenvalue weighted by Gasteiger charge is 2.19. The third-order valence-corrected chi connectivity index (χ3v) is 4.71. The first-order chi connectivity index (χ1) is 13.9. The van der Waals surface area contributed by atoms with E-state index in [1.54, 1.807) is 12.1 Å². The largest absolute Gasteiger partial charge is 0.378 e. The van der Waals surface area contributed by atoms with Crippen molar-refractivity contribution in [2.24, 2.45) is 5.92 Å². The molecule has 1 atom stereocenters. The van der Waals surface area contributed by atoms with Gasteiger partial charge >= 0.3 is 0 Å². The van der Waals surface area contributed by atoms with Gasteiger partial charge in [-0.1, -0.05) is 26.0 Å². The summed E-state index contributed by atoms with van der Waals surface area (Å²) in [6.45, 7) is 6.41. The molecule has 1 aliphatic rings. The summed E-state index contributed by atoms with van der Waals surface area (Å²) in [7, 11) is 0. The maximum absolute atomic E-state index is 13.4. The smallest absolute Gasteiger partial charge is 0.252 e. The van der Waals surface area contributed by atoms with E-state index in [4.69, 9.17) is 4.74 Å². The zero-order chi connectivity index (χ0) is 20.8. The lowest BCUT2D eigenvalue weighted by atomic mass is 10.0. The van der Waals surface area contributed by atoms with Gasteiger partial charge in [-0.05, 0) is 23.6 Å². The SMILES string of the molecule is CC(C)CC(=O)N[C@H](Cc1cc(=O)[nH]c(N2CCOCC2)n1)c1ccc(F)cc1. The van der Waals surface area contributed by atoms with Gasteiger partial charge in [0.05, 0.1) is 24.9 Å². The predicted octanol–water partition coefficient (Wildman–Crippen LogP) is 2.19. The van der Waals surface area contributed by atoms with Crippen LogP contribution in [0.5, 0.6) is 0 Å². The van der Waals surface area contributed by atoms with Crippen LogP contribution in [-0.2, 0) is 16.0 Å². The Bertz CT molecular complexity index is 876. The number of H-pyrrole nitrogens is 1. The molecule has 1 saturated heterocycles. The lowest BCUT2D eigenvalue weighted by molar-refractivity contribution is -0.122. The Balaban J connectivity index is 1.84. The van der Waals surface area contributed by atoms with Crippen LogP contribution in [0.2, 0.25) is 0 Å².